The van der Waals surface area contributed by atoms with E-state index in [1.165, 1.54) is 17.0 Å². The van der Waals surface area contributed by atoms with Crippen molar-refractivity contribution in [2.75, 3.05) is 44.7 Å². The van der Waals surface area contributed by atoms with E-state index in [-0.39, 0.29) is 23.9 Å². The predicted octanol–water partition coefficient (Wildman–Crippen LogP) is 0.0111. The van der Waals surface area contributed by atoms with E-state index in [1.54, 1.807) is 11.9 Å². The van der Waals surface area contributed by atoms with Gasteiger partial charge in [-0.2, -0.15) is 17.7 Å². The van der Waals surface area contributed by atoms with Gasteiger partial charge in [0, 0.05) is 33.2 Å². The van der Waals surface area contributed by atoms with Crippen molar-refractivity contribution in [3.8, 4) is 0 Å². The molecule has 0 aromatic carbocycles. The summed E-state index contributed by atoms with van der Waals surface area (Å²) in [5.41, 5.74) is -0.00657. The van der Waals surface area contributed by atoms with Crippen LogP contribution in [0.2, 0.25) is 0 Å². The monoisotopic (exact) mass is 343 g/mol. The van der Waals surface area contributed by atoms with Gasteiger partial charge in [-0.15, -0.1) is 15.3 Å². The average molecular weight is 343 g/mol. The molecule has 24 heavy (non-hydrogen) atoms. The zero-order chi connectivity index (χ0) is 17.3. The number of aromatic nitrogens is 4. The summed E-state index contributed by atoms with van der Waals surface area (Å²) < 4.78 is 39.3. The molecule has 0 unspecified atom stereocenters. The number of piperazine rings is 1. The summed E-state index contributed by atoms with van der Waals surface area (Å²) in [6.07, 6.45) is -4.65. The molecule has 2 aromatic rings. The van der Waals surface area contributed by atoms with Crippen LogP contribution in [-0.4, -0.2) is 70.4 Å². The molecule has 1 aliphatic heterocycles. The molecule has 1 aliphatic rings. The number of fused-ring (bicyclic) bond motifs is 1. The van der Waals surface area contributed by atoms with Gasteiger partial charge in [0.05, 0.1) is 6.54 Å². The number of likely N-dealkylation sites (N-methyl/N-ethyl adjacent to an activating group) is 1. The third-order valence-corrected chi connectivity index (χ3v) is 3.74. The highest BCUT2D eigenvalue weighted by molar-refractivity contribution is 5.81. The second-order valence-electron chi connectivity index (χ2n) is 5.47. The molecule has 0 bridgehead atoms. The van der Waals surface area contributed by atoms with E-state index in [1.807, 2.05) is 0 Å². The van der Waals surface area contributed by atoms with Gasteiger partial charge in [0.1, 0.15) is 5.82 Å². The van der Waals surface area contributed by atoms with Crippen LogP contribution < -0.4 is 10.2 Å². The van der Waals surface area contributed by atoms with Gasteiger partial charge in [-0.3, -0.25) is 4.79 Å². The van der Waals surface area contributed by atoms with Crippen LogP contribution in [0.1, 0.15) is 5.82 Å². The Morgan fingerprint density at radius 2 is 2.00 bits per heavy atom. The number of nitrogens with one attached hydrogen (secondary N) is 1. The highest BCUT2D eigenvalue weighted by Gasteiger charge is 2.37. The number of alkyl halides is 3. The first-order chi connectivity index (χ1) is 11.4. The molecule has 3 rings (SSSR count). The zero-order valence-electron chi connectivity index (χ0n) is 12.9. The van der Waals surface area contributed by atoms with Crippen LogP contribution in [0.15, 0.2) is 12.1 Å². The molecule has 3 heterocycles. The Balaban J connectivity index is 1.79. The lowest BCUT2D eigenvalue weighted by atomic mass is 10.3. The maximum atomic E-state index is 12.9. The number of amides is 1. The van der Waals surface area contributed by atoms with E-state index >= 15 is 0 Å². The topological polar surface area (TPSA) is 78.7 Å². The van der Waals surface area contributed by atoms with Gasteiger partial charge in [0.15, 0.2) is 5.65 Å². The van der Waals surface area contributed by atoms with Crippen molar-refractivity contribution in [3.05, 3.63) is 18.0 Å². The van der Waals surface area contributed by atoms with Crippen LogP contribution in [-0.2, 0) is 11.0 Å². The molecule has 2 aromatic heterocycles. The Bertz CT molecular complexity index is 739. The molecule has 0 aliphatic carbocycles. The largest absolute Gasteiger partial charge is 0.453 e. The summed E-state index contributed by atoms with van der Waals surface area (Å²) in [7, 11) is 1.60. The maximum Gasteiger partial charge on any atom is 0.453 e. The highest BCUT2D eigenvalue weighted by Crippen LogP contribution is 2.27. The molecule has 1 fully saturated rings. The lowest BCUT2D eigenvalue weighted by Crippen LogP contribution is -2.49. The average Bonchev–Trinajstić information content (AvgIpc) is 2.98. The van der Waals surface area contributed by atoms with E-state index in [0.717, 1.165) is 13.1 Å². The number of nitrogens with zero attached hydrogens (tertiary/aromatic N) is 6. The molecule has 8 nitrogen and oxygen atoms in total. The molecule has 1 saturated heterocycles. The van der Waals surface area contributed by atoms with Gasteiger partial charge in [0.25, 0.3) is 5.82 Å². The number of anilines is 1. The van der Waals surface area contributed by atoms with Crippen molar-refractivity contribution in [2.45, 2.75) is 6.18 Å². The van der Waals surface area contributed by atoms with Crippen LogP contribution in [0.25, 0.3) is 5.65 Å². The van der Waals surface area contributed by atoms with E-state index in [9.17, 15) is 18.0 Å². The fourth-order valence-corrected chi connectivity index (χ4v) is 2.46. The molecule has 0 radical (unpaired) electrons. The Morgan fingerprint density at radius 1 is 1.29 bits per heavy atom. The number of hydrogen-bond acceptors (Lipinski definition) is 6. The fourth-order valence-electron chi connectivity index (χ4n) is 2.46. The molecular formula is C13H16F3N7O. The van der Waals surface area contributed by atoms with Gasteiger partial charge in [-0.1, -0.05) is 0 Å². The third-order valence-electron chi connectivity index (χ3n) is 3.74. The minimum atomic E-state index is -4.65. The maximum absolute atomic E-state index is 12.9. The van der Waals surface area contributed by atoms with Crippen molar-refractivity contribution >= 4 is 17.4 Å². The number of carbonyl (C=O) groups is 1. The molecule has 0 atom stereocenters. The number of rotatable bonds is 3. The smallest absolute Gasteiger partial charge is 0.349 e. The summed E-state index contributed by atoms with van der Waals surface area (Å²) in [5, 5.41) is 13.6. The van der Waals surface area contributed by atoms with Crippen LogP contribution in [0.3, 0.4) is 0 Å². The molecule has 0 spiro atoms. The molecule has 11 heteroatoms. The molecule has 130 valence electrons. The van der Waals surface area contributed by atoms with Gasteiger partial charge in [0.2, 0.25) is 5.91 Å². The first kappa shape index (κ1) is 16.4. The number of hydrogen-bond donors (Lipinski definition) is 1. The van der Waals surface area contributed by atoms with Gasteiger partial charge < -0.3 is 15.1 Å². The quantitative estimate of drug-likeness (QED) is 0.846. The number of carbonyl (C=O) groups excluding carboxylic acids is 1. The Labute approximate surface area is 135 Å². The lowest BCUT2D eigenvalue weighted by Gasteiger charge is -2.29. The molecular weight excluding hydrogens is 327 g/mol. The van der Waals surface area contributed by atoms with Crippen molar-refractivity contribution in [1.82, 2.24) is 30.0 Å². The first-order valence-electron chi connectivity index (χ1n) is 7.35. The minimum absolute atomic E-state index is 0.00657. The SMILES string of the molecule is CN(CC(=O)N1CCNCC1)c1ccc2nnc(C(F)(F)F)n2n1. The minimum Gasteiger partial charge on any atom is -0.349 e. The summed E-state index contributed by atoms with van der Waals surface area (Å²) in [6.45, 7) is 2.72. The van der Waals surface area contributed by atoms with Gasteiger partial charge in [-0.05, 0) is 12.1 Å². The van der Waals surface area contributed by atoms with E-state index in [0.29, 0.717) is 17.6 Å². The lowest BCUT2D eigenvalue weighted by molar-refractivity contribution is -0.146. The Hall–Kier alpha value is -2.43. The Kier molecular flexibility index (Phi) is 4.26. The van der Waals surface area contributed by atoms with Crippen molar-refractivity contribution < 1.29 is 18.0 Å². The Morgan fingerprint density at radius 3 is 2.67 bits per heavy atom. The van der Waals surface area contributed by atoms with Crippen molar-refractivity contribution in [3.63, 3.8) is 0 Å². The highest BCUT2D eigenvalue weighted by atomic mass is 19.4. The van der Waals surface area contributed by atoms with Crippen molar-refractivity contribution in [1.29, 1.82) is 0 Å². The number of halogens is 3. The van der Waals surface area contributed by atoms with Gasteiger partial charge >= 0.3 is 6.18 Å². The molecule has 0 saturated carbocycles. The predicted molar refractivity (Wildman–Crippen MR) is 78.5 cm³/mol. The van der Waals surface area contributed by atoms with E-state index in [4.69, 9.17) is 0 Å². The third kappa shape index (κ3) is 3.25. The van der Waals surface area contributed by atoms with E-state index in [2.05, 4.69) is 20.6 Å². The standard InChI is InChI=1S/C13H16F3N7O/c1-21(8-11(24)22-6-4-17-5-7-22)10-3-2-9-18-19-12(13(14,15)16)23(9)20-10/h2-3,17H,4-8H2,1H3. The summed E-state index contributed by atoms with van der Waals surface area (Å²) in [4.78, 5) is 15.5. The van der Waals surface area contributed by atoms with Crippen LogP contribution in [0, 0.1) is 0 Å². The summed E-state index contributed by atoms with van der Waals surface area (Å²) in [5.74, 6) is -1.06. The summed E-state index contributed by atoms with van der Waals surface area (Å²) in [6, 6.07) is 2.89. The van der Waals surface area contributed by atoms with E-state index < -0.39 is 12.0 Å². The second kappa shape index (κ2) is 6.23. The first-order valence-corrected chi connectivity index (χ1v) is 7.35. The van der Waals surface area contributed by atoms with Crippen molar-refractivity contribution in [2.24, 2.45) is 0 Å². The van der Waals surface area contributed by atoms with Crippen LogP contribution in [0.5, 0.6) is 0 Å². The fraction of sp³-hybridized carbons (Fsp3) is 0.538. The normalized spacial score (nSPS) is 15.8. The summed E-state index contributed by atoms with van der Waals surface area (Å²) >= 11 is 0. The van der Waals surface area contributed by atoms with Crippen LogP contribution >= 0.6 is 0 Å². The molecule has 1 N–H and O–H groups in total. The second-order valence-corrected chi connectivity index (χ2v) is 5.47. The van der Waals surface area contributed by atoms with Gasteiger partial charge in [-0.25, -0.2) is 0 Å². The van der Waals surface area contributed by atoms with Crippen LogP contribution in [0.4, 0.5) is 19.0 Å². The molecule has 1 amide bonds. The zero-order valence-corrected chi connectivity index (χ0v) is 12.9.